The molecular weight excluding hydrogens is 221 g/mol. The first-order chi connectivity index (χ1) is 0. The van der Waals surface area contributed by atoms with Gasteiger partial charge in [0.2, 0.25) is 0 Å². The van der Waals surface area contributed by atoms with Gasteiger partial charge in [-0.1, -0.05) is 0 Å². The second-order valence-corrected chi connectivity index (χ2v) is 0. The Morgan fingerprint density at radius 3 is 1.00 bits per heavy atom. The fourth-order valence-corrected chi connectivity index (χ4v) is 0. The normalized spacial score (nSPS) is 0. The van der Waals surface area contributed by atoms with E-state index in [1.54, 1.807) is 0 Å². The van der Waals surface area contributed by atoms with Gasteiger partial charge in [0.1, 0.15) is 0 Å². The van der Waals surface area contributed by atoms with E-state index in [0.29, 0.717) is 0 Å². The van der Waals surface area contributed by atoms with Gasteiger partial charge in [-0.05, 0) is 11.0 Å². The van der Waals surface area contributed by atoms with E-state index >= 15 is 0 Å². The molecule has 0 radical (unpaired) electrons. The van der Waals surface area contributed by atoms with Crippen LogP contribution >= 0.6 is 0 Å². The van der Waals surface area contributed by atoms with Crippen molar-refractivity contribution in [3.05, 3.63) is 0 Å². The Morgan fingerprint density at radius 2 is 1.00 bits per heavy atom. The summed E-state index contributed by atoms with van der Waals surface area (Å²) in [6.07, 6.45) is 0. The summed E-state index contributed by atoms with van der Waals surface area (Å²) in [7, 11) is 0. The largest absolute Gasteiger partial charge is 0.0149 e. The first kappa shape index (κ1) is 28.0. The van der Waals surface area contributed by atoms with Gasteiger partial charge in [-0.2, -0.15) is 0 Å². The molecule has 2 N–H and O–H groups in total. The van der Waals surface area contributed by atoms with Crippen LogP contribution in [0.15, 0.2) is 0 Å². The number of hydrogen-bond acceptors (Lipinski definition) is 0. The predicted molar refractivity (Wildman–Crippen MR) is 32.0 cm³/mol. The van der Waals surface area contributed by atoms with E-state index in [4.69, 9.17) is 0 Å². The zero-order valence-electron chi connectivity index (χ0n) is 0.500. The molecule has 0 spiro atoms. The molecule has 4 heteroatoms. The van der Waals surface area contributed by atoms with Crippen LogP contribution in [0, 0.1) is 0 Å². The topological polar surface area (TPSA) is 31.5 Å². The minimum absolute atomic E-state index is 0. The molecule has 0 bridgehead atoms. The van der Waals surface area contributed by atoms with E-state index in [1.165, 1.54) is 0 Å². The Labute approximate surface area is 100 Å². The maximum Gasteiger partial charge on any atom is -0.0149 e. The van der Waals surface area contributed by atoms with Crippen molar-refractivity contribution in [3.63, 3.8) is 0 Å². The third kappa shape index (κ3) is 8.89. The van der Waals surface area contributed by atoms with Crippen LogP contribution in [0.1, 0.15) is 0 Å². The van der Waals surface area contributed by atoms with Crippen molar-refractivity contribution in [1.29, 1.82) is 0 Å². The summed E-state index contributed by atoms with van der Waals surface area (Å²) < 4.78 is 0. The SMILES string of the molecule is O.[BaH2].[CaH2].[SiH4]. The summed E-state index contributed by atoms with van der Waals surface area (Å²) in [5.74, 6) is 0. The van der Waals surface area contributed by atoms with Crippen molar-refractivity contribution in [1.82, 2.24) is 0 Å². The van der Waals surface area contributed by atoms with E-state index in [0.717, 1.165) is 0 Å². The van der Waals surface area contributed by atoms with Crippen molar-refractivity contribution >= 4 is 97.6 Å². The smallest absolute Gasteiger partial charge is 0.0149 e. The van der Waals surface area contributed by atoms with E-state index in [2.05, 4.69) is 0 Å². The van der Waals surface area contributed by atoms with Crippen molar-refractivity contribution in [3.8, 4) is 0 Å². The van der Waals surface area contributed by atoms with Crippen LogP contribution in [-0.4, -0.2) is 103 Å². The Hall–Kier alpha value is 3.01. The zero-order valence-corrected chi connectivity index (χ0v) is 0.500. The van der Waals surface area contributed by atoms with Gasteiger partial charge in [0.05, 0.1) is 0 Å². The summed E-state index contributed by atoms with van der Waals surface area (Å²) in [4.78, 5) is 0. The van der Waals surface area contributed by atoms with Crippen LogP contribution in [0.5, 0.6) is 0 Å². The molecular formula is H10BaCaOSi. The maximum absolute atomic E-state index is 0. The maximum atomic E-state index is 0. The molecule has 1 nitrogen and oxygen atoms in total. The molecule has 4 heavy (non-hydrogen) atoms. The van der Waals surface area contributed by atoms with Crippen molar-refractivity contribution in [2.45, 2.75) is 0 Å². The molecule has 0 amide bonds. The number of rotatable bonds is 0. The van der Waals surface area contributed by atoms with Crippen LogP contribution in [0.3, 0.4) is 0 Å². The molecule has 0 heterocycles. The molecule has 0 aromatic rings. The molecule has 0 fully saturated rings. The van der Waals surface area contributed by atoms with Crippen molar-refractivity contribution < 1.29 is 5.48 Å². The van der Waals surface area contributed by atoms with Crippen LogP contribution in [0.4, 0.5) is 0 Å². The van der Waals surface area contributed by atoms with Gasteiger partial charge >= 0.3 is 86.6 Å². The molecule has 0 unspecified atom stereocenters. The van der Waals surface area contributed by atoms with Gasteiger partial charge in [0.15, 0.2) is 0 Å². The Morgan fingerprint density at radius 1 is 1.00 bits per heavy atom. The average Bonchev–Trinajstić information content (AvgIpc) is 0. The predicted octanol–water partition coefficient (Wildman–Crippen LogP) is -4.11. The third-order valence-electron chi connectivity index (χ3n) is 0. The van der Waals surface area contributed by atoms with Crippen LogP contribution in [-0.2, 0) is 0 Å². The molecule has 0 saturated heterocycles. The molecule has 0 aliphatic carbocycles. The second kappa shape index (κ2) is 16.7. The summed E-state index contributed by atoms with van der Waals surface area (Å²) >= 11 is 0. The standard InChI is InChI=1S/Ba.Ca.H2O.H4Si.4H/h;;1H2;1H4;;;;. The average molecular weight is 232 g/mol. The van der Waals surface area contributed by atoms with Gasteiger partial charge in [-0.25, -0.2) is 0 Å². The summed E-state index contributed by atoms with van der Waals surface area (Å²) in [6, 6.07) is 0. The molecule has 0 aliphatic rings. The molecule has 0 aromatic heterocycles. The monoisotopic (exact) mass is 232 g/mol. The number of hydrogen-bond donors (Lipinski definition) is 0. The third-order valence-corrected chi connectivity index (χ3v) is 0. The molecule has 0 rings (SSSR count). The van der Waals surface area contributed by atoms with E-state index < -0.39 is 0 Å². The first-order valence-corrected chi connectivity index (χ1v) is 0. The Balaban J connectivity index is 0. The summed E-state index contributed by atoms with van der Waals surface area (Å²) in [5, 5.41) is 0. The fourth-order valence-electron chi connectivity index (χ4n) is 0. The molecule has 0 aliphatic heterocycles. The van der Waals surface area contributed by atoms with Crippen LogP contribution < -0.4 is 0 Å². The van der Waals surface area contributed by atoms with Gasteiger partial charge in [-0.15, -0.1) is 0 Å². The first-order valence-electron chi connectivity index (χ1n) is 0. The molecule has 0 aromatic carbocycles. The fraction of sp³-hybridized carbons (Fsp3) is 0. The van der Waals surface area contributed by atoms with Crippen LogP contribution in [0.2, 0.25) is 0 Å². The quantitative estimate of drug-likeness (QED) is 0.380. The Kier molecular flexibility index (Phi) is 116. The molecule has 0 saturated carbocycles. The molecule has 0 atom stereocenters. The zero-order chi connectivity index (χ0) is 0. The molecule has 24 valence electrons. The minimum Gasteiger partial charge on any atom is -0.0149 e. The summed E-state index contributed by atoms with van der Waals surface area (Å²) in [6.45, 7) is 0. The van der Waals surface area contributed by atoms with Gasteiger partial charge in [-0.3, -0.25) is 0 Å². The van der Waals surface area contributed by atoms with Crippen molar-refractivity contribution in [2.75, 3.05) is 0 Å². The van der Waals surface area contributed by atoms with E-state index in [-0.39, 0.29) is 103 Å². The summed E-state index contributed by atoms with van der Waals surface area (Å²) in [5.41, 5.74) is 0. The van der Waals surface area contributed by atoms with E-state index in [1.807, 2.05) is 0 Å². The minimum atomic E-state index is 0. The Bertz CT molecular complexity index is 8.00. The second-order valence-electron chi connectivity index (χ2n) is 0. The van der Waals surface area contributed by atoms with Gasteiger partial charge < -0.3 is 5.48 Å². The van der Waals surface area contributed by atoms with Crippen molar-refractivity contribution in [2.24, 2.45) is 0 Å². The van der Waals surface area contributed by atoms with Gasteiger partial charge in [0, 0.05) is 0 Å². The van der Waals surface area contributed by atoms with E-state index in [9.17, 15) is 0 Å². The van der Waals surface area contributed by atoms with Crippen LogP contribution in [0.25, 0.3) is 0 Å². The van der Waals surface area contributed by atoms with Gasteiger partial charge in [0.25, 0.3) is 0 Å².